The molecule has 0 saturated heterocycles. The fourth-order valence-corrected chi connectivity index (χ4v) is 3.02. The molecule has 1 N–H and O–H groups in total. The van der Waals surface area contributed by atoms with Gasteiger partial charge in [0.25, 0.3) is 0 Å². The maximum atomic E-state index is 12.2. The summed E-state index contributed by atoms with van der Waals surface area (Å²) in [7, 11) is 1.64. The van der Waals surface area contributed by atoms with Crippen LogP contribution in [0.15, 0.2) is 53.7 Å². The van der Waals surface area contributed by atoms with Crippen molar-refractivity contribution in [2.45, 2.75) is 26.2 Å². The van der Waals surface area contributed by atoms with Crippen molar-refractivity contribution in [3.8, 4) is 11.5 Å². The molecule has 0 saturated carbocycles. The van der Waals surface area contributed by atoms with Gasteiger partial charge < -0.3 is 14.5 Å². The van der Waals surface area contributed by atoms with Crippen LogP contribution in [0.1, 0.15) is 31.9 Å². The van der Waals surface area contributed by atoms with Crippen LogP contribution in [-0.2, 0) is 10.2 Å². The predicted molar refractivity (Wildman–Crippen MR) is 113 cm³/mol. The van der Waals surface area contributed by atoms with E-state index in [-0.39, 0.29) is 24.3 Å². The number of hydrogen-bond donors (Lipinski definition) is 1. The molecule has 2 aromatic carbocycles. The van der Waals surface area contributed by atoms with E-state index < -0.39 is 0 Å². The van der Waals surface area contributed by atoms with E-state index in [4.69, 9.17) is 9.47 Å². The summed E-state index contributed by atoms with van der Waals surface area (Å²) in [4.78, 5) is 19.7. The summed E-state index contributed by atoms with van der Waals surface area (Å²) in [6.45, 7) is 6.37. The largest absolute Gasteiger partial charge is 0.497 e. The van der Waals surface area contributed by atoms with Gasteiger partial charge in [-0.15, -0.1) is 0 Å². The van der Waals surface area contributed by atoms with E-state index in [1.165, 1.54) is 0 Å². The van der Waals surface area contributed by atoms with Crippen molar-refractivity contribution in [3.63, 3.8) is 0 Å². The molecule has 3 aromatic rings. The summed E-state index contributed by atoms with van der Waals surface area (Å²) in [5, 5.41) is 1.09. The number of Topliss-reactive ketones (excluding diaryl/α,β-unsaturated/α-hetero) is 1. The minimum Gasteiger partial charge on any atom is -0.497 e. The van der Waals surface area contributed by atoms with Crippen molar-refractivity contribution >= 4 is 22.9 Å². The average Bonchev–Trinajstić information content (AvgIpc) is 3.15. The first kappa shape index (κ1) is 19.7. The van der Waals surface area contributed by atoms with Gasteiger partial charge in [0.2, 0.25) is 0 Å². The molecular weight excluding hydrogens is 352 g/mol. The smallest absolute Gasteiger partial charge is 0.191 e. The van der Waals surface area contributed by atoms with Crippen LogP contribution in [0.2, 0.25) is 0 Å². The zero-order valence-corrected chi connectivity index (χ0v) is 16.8. The third-order valence-corrected chi connectivity index (χ3v) is 4.51. The third kappa shape index (κ3) is 4.60. The number of aromatic nitrogens is 1. The number of benzene rings is 2. The SMILES string of the molecule is COc1ccc(OCC(=O)CN=Cc2cccc3[nH]ccc23)c(C(C)(C)C)c1. The lowest BCUT2D eigenvalue weighted by Gasteiger charge is -2.23. The van der Waals surface area contributed by atoms with Gasteiger partial charge in [-0.3, -0.25) is 9.79 Å². The fraction of sp³-hybridized carbons (Fsp3) is 0.304. The molecule has 0 bridgehead atoms. The molecule has 5 heteroatoms. The number of ether oxygens (including phenoxy) is 2. The molecule has 0 radical (unpaired) electrons. The van der Waals surface area contributed by atoms with Gasteiger partial charge in [-0.25, -0.2) is 0 Å². The van der Waals surface area contributed by atoms with E-state index in [1.54, 1.807) is 13.3 Å². The van der Waals surface area contributed by atoms with Crippen LogP contribution in [-0.4, -0.2) is 37.2 Å². The van der Waals surface area contributed by atoms with Crippen molar-refractivity contribution in [3.05, 3.63) is 59.8 Å². The number of nitrogens with one attached hydrogen (secondary N) is 1. The number of methoxy groups -OCH3 is 1. The van der Waals surface area contributed by atoms with E-state index in [1.807, 2.05) is 48.7 Å². The Morgan fingerprint density at radius 1 is 1.18 bits per heavy atom. The summed E-state index contributed by atoms with van der Waals surface area (Å²) in [5.74, 6) is 1.39. The molecule has 0 fully saturated rings. The summed E-state index contributed by atoms with van der Waals surface area (Å²) in [5.41, 5.74) is 2.91. The molecule has 0 unspecified atom stereocenters. The standard InChI is InChI=1S/C23H26N2O3/c1-23(2,3)20-12-18(27-4)8-9-22(20)28-15-17(26)14-24-13-16-6-5-7-21-19(16)10-11-25-21/h5-13,25H,14-15H2,1-4H3. The van der Waals surface area contributed by atoms with Gasteiger partial charge in [0.05, 0.1) is 7.11 Å². The lowest BCUT2D eigenvalue weighted by atomic mass is 9.86. The molecule has 0 aliphatic heterocycles. The highest BCUT2D eigenvalue weighted by Gasteiger charge is 2.20. The highest BCUT2D eigenvalue weighted by Crippen LogP contribution is 2.34. The van der Waals surface area contributed by atoms with Gasteiger partial charge >= 0.3 is 0 Å². The zero-order valence-electron chi connectivity index (χ0n) is 16.8. The van der Waals surface area contributed by atoms with Gasteiger partial charge in [-0.1, -0.05) is 32.9 Å². The lowest BCUT2D eigenvalue weighted by molar-refractivity contribution is -0.119. The van der Waals surface area contributed by atoms with Crippen molar-refractivity contribution in [1.82, 2.24) is 4.98 Å². The van der Waals surface area contributed by atoms with Crippen LogP contribution < -0.4 is 9.47 Å². The molecule has 1 aromatic heterocycles. The summed E-state index contributed by atoms with van der Waals surface area (Å²) < 4.78 is 11.1. The van der Waals surface area contributed by atoms with E-state index >= 15 is 0 Å². The Hall–Kier alpha value is -3.08. The zero-order chi connectivity index (χ0) is 20.1. The first-order valence-corrected chi connectivity index (χ1v) is 9.27. The second-order valence-electron chi connectivity index (χ2n) is 7.70. The molecule has 0 amide bonds. The van der Waals surface area contributed by atoms with Crippen LogP contribution in [0.25, 0.3) is 10.9 Å². The molecule has 0 atom stereocenters. The molecule has 0 aliphatic carbocycles. The Labute approximate surface area is 165 Å². The number of fused-ring (bicyclic) bond motifs is 1. The minimum atomic E-state index is -0.125. The number of H-pyrrole nitrogens is 1. The Kier molecular flexibility index (Phi) is 5.83. The summed E-state index contributed by atoms with van der Waals surface area (Å²) in [6.07, 6.45) is 3.63. The fourth-order valence-electron chi connectivity index (χ4n) is 3.02. The molecule has 146 valence electrons. The predicted octanol–water partition coefficient (Wildman–Crippen LogP) is 4.54. The van der Waals surface area contributed by atoms with Crippen LogP contribution in [0, 0.1) is 0 Å². The molecule has 0 aliphatic rings. The Morgan fingerprint density at radius 2 is 2.00 bits per heavy atom. The third-order valence-electron chi connectivity index (χ3n) is 4.51. The number of aromatic amines is 1. The summed E-state index contributed by atoms with van der Waals surface area (Å²) in [6, 6.07) is 13.6. The van der Waals surface area contributed by atoms with Gasteiger partial charge in [-0.2, -0.15) is 0 Å². The van der Waals surface area contributed by atoms with Gasteiger partial charge in [0, 0.05) is 34.4 Å². The molecule has 5 nitrogen and oxygen atoms in total. The molecule has 3 rings (SSSR count). The number of carbonyl (C=O) groups is 1. The second-order valence-corrected chi connectivity index (χ2v) is 7.70. The van der Waals surface area contributed by atoms with E-state index in [2.05, 4.69) is 30.7 Å². The van der Waals surface area contributed by atoms with Crippen LogP contribution in [0.5, 0.6) is 11.5 Å². The maximum Gasteiger partial charge on any atom is 0.191 e. The quantitative estimate of drug-likeness (QED) is 0.614. The van der Waals surface area contributed by atoms with Crippen LogP contribution >= 0.6 is 0 Å². The maximum absolute atomic E-state index is 12.2. The van der Waals surface area contributed by atoms with Crippen molar-refractivity contribution < 1.29 is 14.3 Å². The molecule has 1 heterocycles. The van der Waals surface area contributed by atoms with Crippen LogP contribution in [0.3, 0.4) is 0 Å². The number of nitrogens with zero attached hydrogens (tertiary/aromatic N) is 1. The van der Waals surface area contributed by atoms with Crippen molar-refractivity contribution in [2.75, 3.05) is 20.3 Å². The topological polar surface area (TPSA) is 63.7 Å². The van der Waals surface area contributed by atoms with Crippen LogP contribution in [0.4, 0.5) is 0 Å². The average molecular weight is 378 g/mol. The normalized spacial score (nSPS) is 11.9. The first-order valence-electron chi connectivity index (χ1n) is 9.27. The number of rotatable bonds is 7. The second kappa shape index (κ2) is 8.30. The Balaban J connectivity index is 1.62. The van der Waals surface area contributed by atoms with Crippen molar-refractivity contribution in [1.29, 1.82) is 0 Å². The van der Waals surface area contributed by atoms with Gasteiger partial charge in [0.15, 0.2) is 5.78 Å². The highest BCUT2D eigenvalue weighted by atomic mass is 16.5. The monoisotopic (exact) mass is 378 g/mol. The van der Waals surface area contributed by atoms with Crippen molar-refractivity contribution in [2.24, 2.45) is 4.99 Å². The summed E-state index contributed by atoms with van der Waals surface area (Å²) >= 11 is 0. The van der Waals surface area contributed by atoms with Gasteiger partial charge in [0.1, 0.15) is 24.7 Å². The minimum absolute atomic E-state index is 0.0128. The number of carbonyl (C=O) groups excluding carboxylic acids is 1. The van der Waals surface area contributed by atoms with Gasteiger partial charge in [-0.05, 0) is 35.7 Å². The Morgan fingerprint density at radius 3 is 2.75 bits per heavy atom. The first-order chi connectivity index (χ1) is 13.4. The molecule has 28 heavy (non-hydrogen) atoms. The number of hydrogen-bond acceptors (Lipinski definition) is 4. The van der Waals surface area contributed by atoms with E-state index in [9.17, 15) is 4.79 Å². The van der Waals surface area contributed by atoms with E-state index in [0.29, 0.717) is 5.75 Å². The number of aliphatic imine (C=N–C) groups is 1. The molecular formula is C23H26N2O3. The highest BCUT2D eigenvalue weighted by molar-refractivity contribution is 5.99. The van der Waals surface area contributed by atoms with E-state index in [0.717, 1.165) is 27.8 Å². The Bertz CT molecular complexity index is 996. The molecule has 0 spiro atoms. The lowest BCUT2D eigenvalue weighted by Crippen LogP contribution is -2.18. The number of ketones is 1.